The summed E-state index contributed by atoms with van der Waals surface area (Å²) in [6, 6.07) is 41.8. The Kier molecular flexibility index (Phi) is 17.4. The number of nitrogens with one attached hydrogen (secondary N) is 3. The first-order valence-corrected chi connectivity index (χ1v) is 28.5. The molecule has 11 nitrogen and oxygen atoms in total. The van der Waals surface area contributed by atoms with Gasteiger partial charge in [-0.05, 0) is 160 Å². The van der Waals surface area contributed by atoms with Crippen molar-refractivity contribution in [2.45, 2.75) is 87.0 Å². The van der Waals surface area contributed by atoms with Gasteiger partial charge in [0.1, 0.15) is 11.3 Å². The number of fused-ring (bicyclic) bond motifs is 2. The van der Waals surface area contributed by atoms with Crippen molar-refractivity contribution in [1.82, 2.24) is 28.7 Å². The minimum absolute atomic E-state index is 0.209. The van der Waals surface area contributed by atoms with Gasteiger partial charge in [-0.3, -0.25) is 13.6 Å². The second-order valence-electron chi connectivity index (χ2n) is 20.1. The number of hydrogen-bond acceptors (Lipinski definition) is 10. The third-order valence-corrected chi connectivity index (χ3v) is 16.1. The first-order valence-electron chi connectivity index (χ1n) is 26.8. The highest BCUT2D eigenvalue weighted by molar-refractivity contribution is 7.18. The fraction of sp³-hybridized carbons (Fsp3) is 0.266. The Hall–Kier alpha value is -7.87. The summed E-state index contributed by atoms with van der Waals surface area (Å²) in [5.41, 5.74) is 21.0. The number of benzene rings is 4. The summed E-state index contributed by atoms with van der Waals surface area (Å²) < 4.78 is 4.48. The lowest BCUT2D eigenvalue weighted by Crippen LogP contribution is -2.13. The number of aryl methyl sites for hydroxylation is 3. The van der Waals surface area contributed by atoms with Crippen LogP contribution >= 0.6 is 22.7 Å². The molecule has 0 aliphatic heterocycles. The molecule has 12 rings (SSSR count). The molecule has 13 heteroatoms. The Balaban J connectivity index is 0.000000152. The number of carbonyl (C=O) groups excluding carboxylic acids is 1. The van der Waals surface area contributed by atoms with Gasteiger partial charge in [0.25, 0.3) is 5.91 Å². The SMILES string of the molecule is C=C(Nc1ccccc1C)c1ccc(C)cc1.CC.CC(Cc1ccc2ncc(-c3cnc(Nc4ccc(C(=O)Nc5ccccc5N)cc4)s3)n2c1)C1CC1.Cc1ncc(-c2cnc3cccc(CC(C)C4CC4)n23)s1. The quantitative estimate of drug-likeness (QED) is 0.0745. The van der Waals surface area contributed by atoms with Crippen LogP contribution in [0.2, 0.25) is 0 Å². The van der Waals surface area contributed by atoms with Crippen LogP contribution in [0.5, 0.6) is 0 Å². The van der Waals surface area contributed by atoms with E-state index < -0.39 is 0 Å². The lowest BCUT2D eigenvalue weighted by Gasteiger charge is -2.13. The van der Waals surface area contributed by atoms with Gasteiger partial charge in [-0.2, -0.15) is 0 Å². The highest BCUT2D eigenvalue weighted by atomic mass is 32.1. The molecule has 4 aromatic carbocycles. The molecule has 2 atom stereocenters. The molecule has 77 heavy (non-hydrogen) atoms. The number of aromatic nitrogens is 6. The van der Waals surface area contributed by atoms with Gasteiger partial charge in [0, 0.05) is 46.9 Å². The van der Waals surface area contributed by atoms with Crippen LogP contribution < -0.4 is 21.7 Å². The molecule has 0 saturated heterocycles. The van der Waals surface area contributed by atoms with E-state index in [0.717, 1.165) is 91.2 Å². The molecule has 0 radical (unpaired) electrons. The average molecular weight is 1060 g/mol. The first kappa shape index (κ1) is 53.9. The number of nitrogens with zero attached hydrogens (tertiary/aromatic N) is 6. The van der Waals surface area contributed by atoms with E-state index in [1.807, 2.05) is 82.0 Å². The molecule has 2 saturated carbocycles. The molecule has 0 bridgehead atoms. The third-order valence-electron chi connectivity index (χ3n) is 14.2. The molecule has 0 spiro atoms. The van der Waals surface area contributed by atoms with Crippen LogP contribution in [-0.2, 0) is 12.8 Å². The van der Waals surface area contributed by atoms with Crippen molar-refractivity contribution in [3.8, 4) is 21.1 Å². The minimum atomic E-state index is -0.209. The van der Waals surface area contributed by atoms with Crippen molar-refractivity contribution in [2.75, 3.05) is 21.7 Å². The maximum Gasteiger partial charge on any atom is 0.255 e. The number of carbonyl (C=O) groups is 1. The van der Waals surface area contributed by atoms with Gasteiger partial charge in [0.15, 0.2) is 5.13 Å². The number of para-hydroxylation sites is 3. The van der Waals surface area contributed by atoms with Crippen molar-refractivity contribution < 1.29 is 4.79 Å². The van der Waals surface area contributed by atoms with Gasteiger partial charge >= 0.3 is 0 Å². The standard InChI is InChI=1S/C29H28N6OS.C17H19N3S.C16H17N.C2H6/c1-18(20-7-8-20)14-19-6-13-27-31-15-25(35(27)17-19)26-16-32-29(37-26)33-22-11-9-21(10-12-22)28(36)34-24-5-3-2-4-23(24)30;1-11(13-6-7-13)8-14-4-3-5-17-19-9-15(20(14)17)16-10-18-12(2)21-16;1-12-8-10-15(11-9-12)14(3)17-16-7-5-4-6-13(16)2;1-2/h2-6,9-13,15-18,20H,7-8,14,30H2,1H3,(H,32,33)(H,34,36);3-5,9-11,13H,6-8H2,1-2H3;4-11,17H,3H2,1-2H3;1-2H3. The fourth-order valence-electron chi connectivity index (χ4n) is 9.40. The highest BCUT2D eigenvalue weighted by Crippen LogP contribution is 2.40. The van der Waals surface area contributed by atoms with E-state index in [0.29, 0.717) is 16.9 Å². The maximum absolute atomic E-state index is 12.6. The van der Waals surface area contributed by atoms with Crippen LogP contribution in [0.1, 0.15) is 96.7 Å². The predicted molar refractivity (Wildman–Crippen MR) is 323 cm³/mol. The van der Waals surface area contributed by atoms with Gasteiger partial charge in [0.05, 0.1) is 49.9 Å². The Morgan fingerprint density at radius 3 is 1.97 bits per heavy atom. The van der Waals surface area contributed by atoms with Gasteiger partial charge in [0.2, 0.25) is 0 Å². The summed E-state index contributed by atoms with van der Waals surface area (Å²) in [6.07, 6.45) is 17.7. The van der Waals surface area contributed by atoms with Crippen molar-refractivity contribution >= 4 is 73.5 Å². The number of amides is 1. The normalized spacial score (nSPS) is 13.5. The number of nitrogens with two attached hydrogens (primary N) is 1. The number of pyridine rings is 2. The van der Waals surface area contributed by atoms with E-state index in [9.17, 15) is 4.79 Å². The van der Waals surface area contributed by atoms with Gasteiger partial charge in [-0.25, -0.2) is 19.9 Å². The summed E-state index contributed by atoms with van der Waals surface area (Å²) in [7, 11) is 0. The molecule has 6 heterocycles. The molecule has 2 aliphatic rings. The highest BCUT2D eigenvalue weighted by Gasteiger charge is 2.29. The third kappa shape index (κ3) is 13.8. The average Bonchev–Trinajstić information content (AvgIpc) is 4.33. The number of nitrogen functional groups attached to an aromatic ring is 1. The minimum Gasteiger partial charge on any atom is -0.397 e. The van der Waals surface area contributed by atoms with Crippen molar-refractivity contribution in [2.24, 2.45) is 23.7 Å². The van der Waals surface area contributed by atoms with E-state index in [4.69, 9.17) is 5.73 Å². The molecule has 2 fully saturated rings. The summed E-state index contributed by atoms with van der Waals surface area (Å²) in [5.74, 6) is 3.09. The van der Waals surface area contributed by atoms with Gasteiger partial charge in [-0.15, -0.1) is 11.3 Å². The lowest BCUT2D eigenvalue weighted by atomic mass is 9.98. The van der Waals surface area contributed by atoms with E-state index >= 15 is 0 Å². The van der Waals surface area contributed by atoms with E-state index in [2.05, 4.69) is 152 Å². The second kappa shape index (κ2) is 24.9. The van der Waals surface area contributed by atoms with Crippen molar-refractivity contribution in [3.63, 3.8) is 0 Å². The zero-order valence-corrected chi connectivity index (χ0v) is 46.9. The first-order chi connectivity index (χ1) is 37.4. The lowest BCUT2D eigenvalue weighted by molar-refractivity contribution is 0.102. The second-order valence-corrected chi connectivity index (χ2v) is 22.4. The molecule has 2 aliphatic carbocycles. The van der Waals surface area contributed by atoms with Crippen molar-refractivity contribution in [1.29, 1.82) is 0 Å². The van der Waals surface area contributed by atoms with Crippen LogP contribution in [0.4, 0.5) is 27.9 Å². The fourth-order valence-corrected chi connectivity index (χ4v) is 11.0. The molecule has 2 unspecified atom stereocenters. The van der Waals surface area contributed by atoms with Crippen LogP contribution in [0.15, 0.2) is 165 Å². The smallest absolute Gasteiger partial charge is 0.255 e. The largest absolute Gasteiger partial charge is 0.397 e. The Morgan fingerprint density at radius 2 is 1.29 bits per heavy atom. The molecule has 394 valence electrons. The van der Waals surface area contributed by atoms with Crippen LogP contribution in [0, 0.1) is 44.4 Å². The molecule has 5 N–H and O–H groups in total. The van der Waals surface area contributed by atoms with Crippen LogP contribution in [-0.4, -0.2) is 34.6 Å². The number of anilines is 5. The molecule has 6 aromatic heterocycles. The summed E-state index contributed by atoms with van der Waals surface area (Å²) in [5, 5.41) is 11.4. The monoisotopic (exact) mass is 1060 g/mol. The van der Waals surface area contributed by atoms with E-state index in [1.54, 1.807) is 46.9 Å². The Morgan fingerprint density at radius 1 is 0.649 bits per heavy atom. The Bertz CT molecular complexity index is 3580. The molecular formula is C64H70N10OS2. The molecule has 10 aromatic rings. The zero-order valence-electron chi connectivity index (χ0n) is 45.3. The molecular weight excluding hydrogens is 989 g/mol. The van der Waals surface area contributed by atoms with E-state index in [1.165, 1.54) is 58.6 Å². The number of thiazole rings is 2. The van der Waals surface area contributed by atoms with E-state index in [-0.39, 0.29) is 5.91 Å². The Labute approximate surface area is 461 Å². The number of rotatable bonds is 15. The number of imidazole rings is 2. The molecule has 1 amide bonds. The van der Waals surface area contributed by atoms with Gasteiger partial charge in [-0.1, -0.05) is 118 Å². The summed E-state index contributed by atoms with van der Waals surface area (Å²) in [4.78, 5) is 33.0. The zero-order chi connectivity index (χ0) is 54.0. The summed E-state index contributed by atoms with van der Waals surface area (Å²) >= 11 is 3.31. The number of hydrogen-bond donors (Lipinski definition) is 4. The van der Waals surface area contributed by atoms with Crippen LogP contribution in [0.3, 0.4) is 0 Å². The van der Waals surface area contributed by atoms with Gasteiger partial charge < -0.3 is 21.7 Å². The van der Waals surface area contributed by atoms with Crippen LogP contribution in [0.25, 0.3) is 38.1 Å². The van der Waals surface area contributed by atoms with Crippen molar-refractivity contribution in [3.05, 3.63) is 203 Å². The predicted octanol–water partition coefficient (Wildman–Crippen LogP) is 16.4. The topological polar surface area (TPSA) is 140 Å². The summed E-state index contributed by atoms with van der Waals surface area (Å²) in [6.45, 7) is 19.0. The maximum atomic E-state index is 12.6.